The summed E-state index contributed by atoms with van der Waals surface area (Å²) in [5, 5.41) is 11.1. The van der Waals surface area contributed by atoms with Crippen LogP contribution in [0.1, 0.15) is 0 Å². The fourth-order valence-electron chi connectivity index (χ4n) is 8.19. The molecular weight excluding hydrogens is 649 g/mol. The Kier molecular flexibility index (Phi) is 6.46. The maximum Gasteiger partial charge on any atom is 0.124 e. The van der Waals surface area contributed by atoms with Crippen molar-refractivity contribution >= 4 is 75.7 Å². The molecule has 2 heterocycles. The average molecular weight is 679 g/mol. The molecule has 0 N–H and O–H groups in total. The maximum absolute atomic E-state index is 5.30. The van der Waals surface area contributed by atoms with Gasteiger partial charge in [-0.1, -0.05) is 133 Å². The standard InChI is InChI=1S/C49H30N2S/c1-2-12-32(13-3-1)42-30-43-48(47-38-16-7-6-14-33(38)25-28-40(42)47)52-49(50-43)34-23-26-37(27-24-34)51-44-19-9-8-17-41(44)46-39(18-10-20-45(46)51)36-22-21-31-11-4-5-15-35(31)29-36/h1-30H. The Bertz CT molecular complexity index is 3170. The number of hydrogen-bond acceptors (Lipinski definition) is 2. The number of benzene rings is 9. The Morgan fingerprint density at radius 2 is 1.10 bits per heavy atom. The van der Waals surface area contributed by atoms with Crippen molar-refractivity contribution in [1.29, 1.82) is 0 Å². The molecule has 0 amide bonds. The normalized spacial score (nSPS) is 11.8. The second-order valence-electron chi connectivity index (χ2n) is 13.5. The lowest BCUT2D eigenvalue weighted by Crippen LogP contribution is -1.93. The lowest BCUT2D eigenvalue weighted by molar-refractivity contribution is 1.18. The van der Waals surface area contributed by atoms with Gasteiger partial charge in [-0.15, -0.1) is 11.3 Å². The number of fused-ring (bicyclic) bond motifs is 9. The van der Waals surface area contributed by atoms with Crippen molar-refractivity contribution in [2.24, 2.45) is 0 Å². The minimum absolute atomic E-state index is 1.03. The van der Waals surface area contributed by atoms with Crippen LogP contribution in [0.2, 0.25) is 0 Å². The highest BCUT2D eigenvalue weighted by Crippen LogP contribution is 2.44. The van der Waals surface area contributed by atoms with E-state index in [-0.39, 0.29) is 0 Å². The van der Waals surface area contributed by atoms with Crippen LogP contribution in [0, 0.1) is 0 Å². The minimum Gasteiger partial charge on any atom is -0.309 e. The summed E-state index contributed by atoms with van der Waals surface area (Å²) in [7, 11) is 0. The number of nitrogens with zero attached hydrogens (tertiary/aromatic N) is 2. The zero-order valence-electron chi connectivity index (χ0n) is 28.1. The summed E-state index contributed by atoms with van der Waals surface area (Å²) in [5.41, 5.74) is 10.6. The summed E-state index contributed by atoms with van der Waals surface area (Å²) < 4.78 is 3.64. The van der Waals surface area contributed by atoms with Crippen LogP contribution in [-0.2, 0) is 0 Å². The van der Waals surface area contributed by atoms with Crippen molar-refractivity contribution in [1.82, 2.24) is 9.55 Å². The highest BCUT2D eigenvalue weighted by atomic mass is 32.1. The van der Waals surface area contributed by atoms with Crippen LogP contribution < -0.4 is 0 Å². The number of thiazole rings is 1. The van der Waals surface area contributed by atoms with Crippen LogP contribution in [0.15, 0.2) is 182 Å². The molecule has 0 unspecified atom stereocenters. The van der Waals surface area contributed by atoms with Crippen molar-refractivity contribution in [3.8, 4) is 38.5 Å². The van der Waals surface area contributed by atoms with E-state index < -0.39 is 0 Å². The molecule has 0 bridgehead atoms. The van der Waals surface area contributed by atoms with Crippen molar-refractivity contribution in [3.63, 3.8) is 0 Å². The molecule has 3 heteroatoms. The van der Waals surface area contributed by atoms with Gasteiger partial charge in [0.25, 0.3) is 0 Å². The molecule has 11 rings (SSSR count). The number of rotatable bonds is 4. The second-order valence-corrected chi connectivity index (χ2v) is 14.5. The Balaban J connectivity index is 1.07. The van der Waals surface area contributed by atoms with Gasteiger partial charge in [0.05, 0.1) is 21.3 Å². The van der Waals surface area contributed by atoms with E-state index in [4.69, 9.17) is 4.98 Å². The SMILES string of the molecule is c1ccc(-c2cc3nc(-c4ccc(-n5c6ccccc6c6c(-c7ccc8ccccc8c7)cccc65)cc4)sc3c3c2ccc2ccccc23)cc1. The monoisotopic (exact) mass is 678 g/mol. The third kappa shape index (κ3) is 4.46. The smallest absolute Gasteiger partial charge is 0.124 e. The highest BCUT2D eigenvalue weighted by Gasteiger charge is 2.18. The molecule has 9 aromatic carbocycles. The molecule has 0 saturated heterocycles. The third-order valence-electron chi connectivity index (χ3n) is 10.6. The summed E-state index contributed by atoms with van der Waals surface area (Å²) in [4.78, 5) is 5.30. The van der Waals surface area contributed by atoms with Gasteiger partial charge in [0.1, 0.15) is 5.01 Å². The van der Waals surface area contributed by atoms with Gasteiger partial charge in [-0.3, -0.25) is 0 Å². The van der Waals surface area contributed by atoms with Gasteiger partial charge in [0.2, 0.25) is 0 Å². The molecule has 2 aromatic heterocycles. The van der Waals surface area contributed by atoms with Gasteiger partial charge in [0, 0.05) is 27.4 Å². The quantitative estimate of drug-likeness (QED) is 0.169. The maximum atomic E-state index is 5.30. The molecule has 0 saturated carbocycles. The van der Waals surface area contributed by atoms with E-state index in [0.29, 0.717) is 0 Å². The van der Waals surface area contributed by atoms with Crippen LogP contribution in [0.25, 0.3) is 103 Å². The van der Waals surface area contributed by atoms with Crippen LogP contribution in [0.3, 0.4) is 0 Å². The van der Waals surface area contributed by atoms with E-state index in [1.165, 1.54) is 81.1 Å². The highest BCUT2D eigenvalue weighted by molar-refractivity contribution is 7.22. The first-order valence-corrected chi connectivity index (χ1v) is 18.5. The summed E-state index contributed by atoms with van der Waals surface area (Å²) in [5.74, 6) is 0. The molecule has 0 fully saturated rings. The molecule has 0 spiro atoms. The van der Waals surface area contributed by atoms with E-state index in [0.717, 1.165) is 21.8 Å². The molecule has 0 aliphatic rings. The van der Waals surface area contributed by atoms with E-state index in [2.05, 4.69) is 187 Å². The second kappa shape index (κ2) is 11.5. The first kappa shape index (κ1) is 29.2. The van der Waals surface area contributed by atoms with Crippen LogP contribution in [0.4, 0.5) is 0 Å². The van der Waals surface area contributed by atoms with E-state index in [1.54, 1.807) is 11.3 Å². The molecule has 0 aliphatic heterocycles. The lowest BCUT2D eigenvalue weighted by Gasteiger charge is -2.11. The fraction of sp³-hybridized carbons (Fsp3) is 0. The summed E-state index contributed by atoms with van der Waals surface area (Å²) in [6.07, 6.45) is 0. The molecular formula is C49H30N2S. The molecule has 2 nitrogen and oxygen atoms in total. The van der Waals surface area contributed by atoms with Crippen LogP contribution in [-0.4, -0.2) is 9.55 Å². The van der Waals surface area contributed by atoms with Crippen molar-refractivity contribution in [2.75, 3.05) is 0 Å². The molecule has 0 aliphatic carbocycles. The van der Waals surface area contributed by atoms with Gasteiger partial charge < -0.3 is 4.57 Å². The van der Waals surface area contributed by atoms with Crippen LogP contribution in [0.5, 0.6) is 0 Å². The molecule has 242 valence electrons. The van der Waals surface area contributed by atoms with E-state index >= 15 is 0 Å². The zero-order chi connectivity index (χ0) is 34.2. The predicted molar refractivity (Wildman–Crippen MR) is 223 cm³/mol. The van der Waals surface area contributed by atoms with Crippen molar-refractivity contribution in [3.05, 3.63) is 182 Å². The number of para-hydroxylation sites is 1. The summed E-state index contributed by atoms with van der Waals surface area (Å²) in [6.45, 7) is 0. The van der Waals surface area contributed by atoms with E-state index in [9.17, 15) is 0 Å². The van der Waals surface area contributed by atoms with Gasteiger partial charge >= 0.3 is 0 Å². The first-order chi connectivity index (χ1) is 25.8. The Labute approximate surface area is 304 Å². The zero-order valence-corrected chi connectivity index (χ0v) is 28.9. The van der Waals surface area contributed by atoms with Gasteiger partial charge in [-0.05, 0) is 97.7 Å². The van der Waals surface area contributed by atoms with Gasteiger partial charge in [0.15, 0.2) is 0 Å². The van der Waals surface area contributed by atoms with Crippen molar-refractivity contribution < 1.29 is 0 Å². The summed E-state index contributed by atoms with van der Waals surface area (Å²) in [6, 6.07) is 66.1. The molecule has 0 radical (unpaired) electrons. The third-order valence-corrected chi connectivity index (χ3v) is 11.7. The Morgan fingerprint density at radius 1 is 0.404 bits per heavy atom. The largest absolute Gasteiger partial charge is 0.309 e. The average Bonchev–Trinajstić information content (AvgIpc) is 3.80. The topological polar surface area (TPSA) is 17.8 Å². The molecule has 52 heavy (non-hydrogen) atoms. The Hall–Kier alpha value is -6.55. The number of hydrogen-bond donors (Lipinski definition) is 0. The predicted octanol–water partition coefficient (Wildman–Crippen LogP) is 13.9. The van der Waals surface area contributed by atoms with Crippen molar-refractivity contribution in [2.45, 2.75) is 0 Å². The molecule has 0 atom stereocenters. The van der Waals surface area contributed by atoms with Gasteiger partial charge in [-0.25, -0.2) is 4.98 Å². The van der Waals surface area contributed by atoms with E-state index in [1.807, 2.05) is 0 Å². The van der Waals surface area contributed by atoms with Crippen LogP contribution >= 0.6 is 11.3 Å². The molecule has 11 aromatic rings. The lowest BCUT2D eigenvalue weighted by atomic mass is 9.94. The first-order valence-electron chi connectivity index (χ1n) is 17.7. The Morgan fingerprint density at radius 3 is 1.96 bits per heavy atom. The fourth-order valence-corrected chi connectivity index (χ4v) is 9.31. The minimum atomic E-state index is 1.03. The number of aromatic nitrogens is 2. The summed E-state index contributed by atoms with van der Waals surface area (Å²) >= 11 is 1.79. The van der Waals surface area contributed by atoms with Gasteiger partial charge in [-0.2, -0.15) is 0 Å².